The van der Waals surface area contributed by atoms with Gasteiger partial charge in [-0.1, -0.05) is 18.2 Å². The van der Waals surface area contributed by atoms with Crippen molar-refractivity contribution >= 4 is 33.0 Å². The van der Waals surface area contributed by atoms with Crippen molar-refractivity contribution in [1.82, 2.24) is 14.6 Å². The second-order valence-corrected chi connectivity index (χ2v) is 8.18. The van der Waals surface area contributed by atoms with Gasteiger partial charge in [-0.05, 0) is 48.9 Å². The highest BCUT2D eigenvalue weighted by molar-refractivity contribution is 7.92. The molecule has 0 aliphatic carbocycles. The highest BCUT2D eigenvalue weighted by Gasteiger charge is 2.20. The van der Waals surface area contributed by atoms with Crippen LogP contribution in [0.3, 0.4) is 0 Å². The van der Waals surface area contributed by atoms with Crippen LogP contribution >= 0.6 is 0 Å². The topological polar surface area (TPSA) is 105 Å². The number of rotatable bonds is 5. The minimum atomic E-state index is -4.07. The van der Waals surface area contributed by atoms with Crippen molar-refractivity contribution in [3.63, 3.8) is 0 Å². The zero-order valence-corrected chi connectivity index (χ0v) is 16.5. The van der Waals surface area contributed by atoms with E-state index in [1.807, 2.05) is 0 Å². The number of anilines is 2. The number of amides is 1. The zero-order valence-electron chi connectivity index (χ0n) is 15.7. The quantitative estimate of drug-likeness (QED) is 0.511. The number of carbonyl (C=O) groups is 1. The number of nitrogens with one attached hydrogen (secondary N) is 2. The zero-order chi connectivity index (χ0) is 21.3. The molecule has 0 saturated heterocycles. The molecule has 30 heavy (non-hydrogen) atoms. The molecule has 0 fully saturated rings. The second-order valence-electron chi connectivity index (χ2n) is 6.53. The highest BCUT2D eigenvalue weighted by Crippen LogP contribution is 2.24. The number of halogens is 1. The summed E-state index contributed by atoms with van der Waals surface area (Å²) in [7, 11) is -4.07. The lowest BCUT2D eigenvalue weighted by Crippen LogP contribution is -2.17. The molecule has 2 N–H and O–H groups in total. The Morgan fingerprint density at radius 2 is 1.90 bits per heavy atom. The first-order valence-electron chi connectivity index (χ1n) is 8.82. The van der Waals surface area contributed by atoms with Crippen molar-refractivity contribution in [3.05, 3.63) is 84.1 Å². The predicted molar refractivity (Wildman–Crippen MR) is 109 cm³/mol. The molecule has 2 aromatic heterocycles. The van der Waals surface area contributed by atoms with Crippen LogP contribution in [-0.2, 0) is 10.0 Å². The number of hydrogen-bond acceptors (Lipinski definition) is 5. The van der Waals surface area contributed by atoms with Crippen LogP contribution in [0.4, 0.5) is 15.8 Å². The molecule has 4 aromatic rings. The van der Waals surface area contributed by atoms with Crippen molar-refractivity contribution in [2.24, 2.45) is 0 Å². The molecule has 0 spiro atoms. The van der Waals surface area contributed by atoms with Gasteiger partial charge in [-0.2, -0.15) is 0 Å². The second kappa shape index (κ2) is 7.56. The summed E-state index contributed by atoms with van der Waals surface area (Å²) in [4.78, 5) is 12.5. The summed E-state index contributed by atoms with van der Waals surface area (Å²) in [6.45, 7) is 1.61. The smallest absolute Gasteiger partial charge is 0.262 e. The Hall–Kier alpha value is -3.79. The average Bonchev–Trinajstić information content (AvgIpc) is 3.19. The third-order valence-electron chi connectivity index (χ3n) is 4.41. The average molecular weight is 425 g/mol. The van der Waals surface area contributed by atoms with Crippen molar-refractivity contribution < 1.29 is 17.6 Å². The van der Waals surface area contributed by atoms with Gasteiger partial charge in [0.25, 0.3) is 15.9 Å². The summed E-state index contributed by atoms with van der Waals surface area (Å²) in [6.07, 6.45) is 3.04. The molecule has 0 radical (unpaired) electrons. The van der Waals surface area contributed by atoms with Crippen LogP contribution in [0.15, 0.2) is 72.0 Å². The van der Waals surface area contributed by atoms with E-state index in [1.54, 1.807) is 41.8 Å². The molecule has 1 amide bonds. The van der Waals surface area contributed by atoms with E-state index in [0.29, 0.717) is 16.8 Å². The minimum Gasteiger partial charge on any atom is -0.322 e. The number of nitrogens with zero attached hydrogens (tertiary/aromatic N) is 3. The molecule has 4 rings (SSSR count). The Balaban J connectivity index is 1.61. The molecule has 10 heteroatoms. The number of sulfonamides is 1. The lowest BCUT2D eigenvalue weighted by Gasteiger charge is -2.13. The van der Waals surface area contributed by atoms with Gasteiger partial charge in [-0.25, -0.2) is 12.8 Å². The molecule has 152 valence electrons. The van der Waals surface area contributed by atoms with Crippen LogP contribution in [0, 0.1) is 12.7 Å². The number of fused-ring (bicyclic) bond motifs is 1. The standard InChI is InChI=1S/C20H16FN5O3S/c1-13-6-8-15(23-20(27)14-7-9-19-24-22-12-26(19)11-14)10-18(13)30(28,29)25-17-5-3-2-4-16(17)21/h2-12,25H,1H3,(H,23,27). The molecule has 0 bridgehead atoms. The molecular weight excluding hydrogens is 409 g/mol. The maximum absolute atomic E-state index is 13.9. The van der Waals surface area contributed by atoms with Crippen molar-refractivity contribution in [1.29, 1.82) is 0 Å². The maximum Gasteiger partial charge on any atom is 0.262 e. The van der Waals surface area contributed by atoms with E-state index >= 15 is 0 Å². The van der Waals surface area contributed by atoms with Crippen LogP contribution < -0.4 is 10.0 Å². The summed E-state index contributed by atoms with van der Waals surface area (Å²) in [6, 6.07) is 13.2. The SMILES string of the molecule is Cc1ccc(NC(=O)c2ccc3nncn3c2)cc1S(=O)(=O)Nc1ccccc1F. The molecule has 0 atom stereocenters. The fourth-order valence-electron chi connectivity index (χ4n) is 2.88. The molecule has 2 heterocycles. The number of benzene rings is 2. The molecule has 2 aromatic carbocycles. The van der Waals surface area contributed by atoms with Gasteiger partial charge in [-0.3, -0.25) is 13.9 Å². The number of para-hydroxylation sites is 1. The number of hydrogen-bond donors (Lipinski definition) is 2. The molecule has 0 saturated carbocycles. The normalized spacial score (nSPS) is 11.4. The van der Waals surface area contributed by atoms with Crippen LogP contribution in [-0.4, -0.2) is 28.9 Å². The van der Waals surface area contributed by atoms with Gasteiger partial charge in [0.15, 0.2) is 5.65 Å². The van der Waals surface area contributed by atoms with E-state index in [0.717, 1.165) is 6.07 Å². The van der Waals surface area contributed by atoms with Crippen molar-refractivity contribution in [3.8, 4) is 0 Å². The van der Waals surface area contributed by atoms with Crippen molar-refractivity contribution in [2.75, 3.05) is 10.0 Å². The molecule has 0 unspecified atom stereocenters. The van der Waals surface area contributed by atoms with Crippen LogP contribution in [0.2, 0.25) is 0 Å². The fraction of sp³-hybridized carbons (Fsp3) is 0.0500. The number of aryl methyl sites for hydroxylation is 1. The van der Waals surface area contributed by atoms with Gasteiger partial charge < -0.3 is 5.32 Å². The molecular formula is C20H16FN5O3S. The van der Waals surface area contributed by atoms with E-state index in [1.165, 1.54) is 30.6 Å². The summed E-state index contributed by atoms with van der Waals surface area (Å²) in [5.41, 5.74) is 1.51. The van der Waals surface area contributed by atoms with E-state index in [4.69, 9.17) is 0 Å². The van der Waals surface area contributed by atoms with Crippen LogP contribution in [0.5, 0.6) is 0 Å². The van der Waals surface area contributed by atoms with Gasteiger partial charge in [0.1, 0.15) is 12.1 Å². The van der Waals surface area contributed by atoms with Gasteiger partial charge >= 0.3 is 0 Å². The van der Waals surface area contributed by atoms with E-state index in [2.05, 4.69) is 20.2 Å². The molecule has 0 aliphatic rings. The number of aromatic nitrogens is 3. The Kier molecular flexibility index (Phi) is 4.92. The lowest BCUT2D eigenvalue weighted by molar-refractivity contribution is 0.102. The van der Waals surface area contributed by atoms with Gasteiger partial charge in [-0.15, -0.1) is 10.2 Å². The number of carbonyl (C=O) groups excluding carboxylic acids is 1. The van der Waals surface area contributed by atoms with E-state index in [9.17, 15) is 17.6 Å². The highest BCUT2D eigenvalue weighted by atomic mass is 32.2. The summed E-state index contributed by atoms with van der Waals surface area (Å²) in [5.74, 6) is -1.12. The number of pyridine rings is 1. The third-order valence-corrected chi connectivity index (χ3v) is 5.91. The Morgan fingerprint density at radius 1 is 1.10 bits per heavy atom. The minimum absolute atomic E-state index is 0.0715. The first-order chi connectivity index (χ1) is 14.3. The predicted octanol–water partition coefficient (Wildman–Crippen LogP) is 3.23. The Bertz CT molecular complexity index is 1370. The van der Waals surface area contributed by atoms with Crippen LogP contribution in [0.25, 0.3) is 5.65 Å². The monoisotopic (exact) mass is 425 g/mol. The van der Waals surface area contributed by atoms with Gasteiger partial charge in [0.2, 0.25) is 0 Å². The third kappa shape index (κ3) is 3.85. The van der Waals surface area contributed by atoms with Crippen molar-refractivity contribution in [2.45, 2.75) is 11.8 Å². The van der Waals surface area contributed by atoms with Gasteiger partial charge in [0.05, 0.1) is 16.1 Å². The molecule has 8 nitrogen and oxygen atoms in total. The fourth-order valence-corrected chi connectivity index (χ4v) is 4.22. The Morgan fingerprint density at radius 3 is 2.70 bits per heavy atom. The lowest BCUT2D eigenvalue weighted by atomic mass is 10.2. The van der Waals surface area contributed by atoms with E-state index in [-0.39, 0.29) is 16.3 Å². The molecule has 0 aliphatic heterocycles. The maximum atomic E-state index is 13.9. The summed E-state index contributed by atoms with van der Waals surface area (Å²) in [5, 5.41) is 10.3. The summed E-state index contributed by atoms with van der Waals surface area (Å²) < 4.78 is 43.3. The summed E-state index contributed by atoms with van der Waals surface area (Å²) >= 11 is 0. The first-order valence-corrected chi connectivity index (χ1v) is 10.3. The first kappa shape index (κ1) is 19.5. The Labute approximate surface area is 171 Å². The van der Waals surface area contributed by atoms with Gasteiger partial charge in [0, 0.05) is 11.9 Å². The largest absolute Gasteiger partial charge is 0.322 e. The van der Waals surface area contributed by atoms with E-state index < -0.39 is 21.7 Å². The van der Waals surface area contributed by atoms with Crippen LogP contribution in [0.1, 0.15) is 15.9 Å².